The lowest BCUT2D eigenvalue weighted by atomic mass is 9.63. The average Bonchev–Trinajstić information content (AvgIpc) is 2.75. The SMILES string of the molecule is CCCCC1CCc2cc(C3CCC4CC(CCCC)CCC4C3)cc(F)c2C1. The van der Waals surface area contributed by atoms with Gasteiger partial charge in [0.25, 0.3) is 0 Å². The summed E-state index contributed by atoms with van der Waals surface area (Å²) >= 11 is 0. The van der Waals surface area contributed by atoms with Crippen molar-refractivity contribution in [2.24, 2.45) is 23.7 Å². The highest BCUT2D eigenvalue weighted by Gasteiger charge is 2.36. The average molecular weight is 399 g/mol. The van der Waals surface area contributed by atoms with Crippen LogP contribution in [0.3, 0.4) is 0 Å². The molecule has 4 rings (SSSR count). The van der Waals surface area contributed by atoms with E-state index in [0.717, 1.165) is 36.2 Å². The van der Waals surface area contributed by atoms with E-state index in [0.29, 0.717) is 11.8 Å². The largest absolute Gasteiger partial charge is 0.207 e. The Bertz CT molecular complexity index is 663. The molecular formula is C28H43F. The van der Waals surface area contributed by atoms with Crippen LogP contribution < -0.4 is 0 Å². The van der Waals surface area contributed by atoms with Crippen LogP contribution in [0.15, 0.2) is 12.1 Å². The standard InChI is InChI=1S/C28H43F/c1-3-5-7-20-9-11-23-17-24(14-13-22(23)15-20)26-18-25-12-10-21(8-6-4-2)16-27(25)28(29)19-26/h18-24H,3-17H2,1-2H3. The molecule has 0 aliphatic heterocycles. The van der Waals surface area contributed by atoms with Gasteiger partial charge in [-0.1, -0.05) is 64.9 Å². The van der Waals surface area contributed by atoms with E-state index in [1.165, 1.54) is 94.6 Å². The molecule has 2 saturated carbocycles. The van der Waals surface area contributed by atoms with Gasteiger partial charge in [0.15, 0.2) is 0 Å². The van der Waals surface area contributed by atoms with Crippen molar-refractivity contribution in [1.29, 1.82) is 0 Å². The number of aryl methyl sites for hydroxylation is 1. The topological polar surface area (TPSA) is 0 Å². The molecule has 29 heavy (non-hydrogen) atoms. The van der Waals surface area contributed by atoms with E-state index in [-0.39, 0.29) is 5.82 Å². The third kappa shape index (κ3) is 5.08. The first kappa shape index (κ1) is 21.4. The Hall–Kier alpha value is -0.850. The molecule has 0 N–H and O–H groups in total. The van der Waals surface area contributed by atoms with Gasteiger partial charge in [-0.2, -0.15) is 0 Å². The molecule has 5 unspecified atom stereocenters. The van der Waals surface area contributed by atoms with Gasteiger partial charge in [0.1, 0.15) is 5.82 Å². The number of fused-ring (bicyclic) bond motifs is 2. The van der Waals surface area contributed by atoms with Gasteiger partial charge in [-0.3, -0.25) is 0 Å². The van der Waals surface area contributed by atoms with Crippen LogP contribution in [0.4, 0.5) is 4.39 Å². The van der Waals surface area contributed by atoms with Crippen LogP contribution in [0.5, 0.6) is 0 Å². The molecule has 0 heterocycles. The third-order valence-electron chi connectivity index (χ3n) is 8.75. The van der Waals surface area contributed by atoms with Gasteiger partial charge in [0, 0.05) is 0 Å². The Morgan fingerprint density at radius 2 is 1.55 bits per heavy atom. The number of benzene rings is 1. The fourth-order valence-electron chi connectivity index (χ4n) is 6.94. The van der Waals surface area contributed by atoms with Crippen LogP contribution in [0.1, 0.15) is 120 Å². The number of hydrogen-bond donors (Lipinski definition) is 0. The van der Waals surface area contributed by atoms with Gasteiger partial charge in [0.05, 0.1) is 0 Å². The maximum Gasteiger partial charge on any atom is 0.126 e. The van der Waals surface area contributed by atoms with Crippen LogP contribution in [0, 0.1) is 29.5 Å². The molecule has 0 aromatic heterocycles. The summed E-state index contributed by atoms with van der Waals surface area (Å²) in [5.74, 6) is 4.30. The predicted molar refractivity (Wildman–Crippen MR) is 122 cm³/mol. The molecule has 2 fully saturated rings. The molecule has 0 spiro atoms. The lowest BCUT2D eigenvalue weighted by Gasteiger charge is -2.42. The summed E-state index contributed by atoms with van der Waals surface area (Å²) in [6.07, 6.45) is 19.8. The van der Waals surface area contributed by atoms with E-state index in [2.05, 4.69) is 19.9 Å². The second-order valence-corrected chi connectivity index (χ2v) is 10.7. The minimum absolute atomic E-state index is 0.115. The van der Waals surface area contributed by atoms with E-state index in [1.54, 1.807) is 0 Å². The Kier molecular flexibility index (Phi) is 7.35. The number of halogens is 1. The summed E-state index contributed by atoms with van der Waals surface area (Å²) < 4.78 is 15.1. The Morgan fingerprint density at radius 3 is 2.34 bits per heavy atom. The molecule has 1 heteroatoms. The highest BCUT2D eigenvalue weighted by molar-refractivity contribution is 5.37. The number of rotatable bonds is 7. The zero-order valence-electron chi connectivity index (χ0n) is 19.0. The van der Waals surface area contributed by atoms with Crippen molar-refractivity contribution in [2.45, 2.75) is 116 Å². The molecule has 0 nitrogen and oxygen atoms in total. The fourth-order valence-corrected chi connectivity index (χ4v) is 6.94. The minimum atomic E-state index is 0.115. The van der Waals surface area contributed by atoms with E-state index >= 15 is 4.39 Å². The van der Waals surface area contributed by atoms with E-state index < -0.39 is 0 Å². The summed E-state index contributed by atoms with van der Waals surface area (Å²) in [6, 6.07) is 4.37. The highest BCUT2D eigenvalue weighted by atomic mass is 19.1. The van der Waals surface area contributed by atoms with Crippen molar-refractivity contribution < 1.29 is 4.39 Å². The van der Waals surface area contributed by atoms with Crippen LogP contribution in [-0.4, -0.2) is 0 Å². The van der Waals surface area contributed by atoms with Crippen molar-refractivity contribution in [1.82, 2.24) is 0 Å². The fraction of sp³-hybridized carbons (Fsp3) is 0.786. The van der Waals surface area contributed by atoms with Gasteiger partial charge in [-0.05, 0) is 104 Å². The monoisotopic (exact) mass is 398 g/mol. The van der Waals surface area contributed by atoms with Gasteiger partial charge < -0.3 is 0 Å². The first-order valence-corrected chi connectivity index (χ1v) is 13.0. The van der Waals surface area contributed by atoms with Crippen LogP contribution in [0.2, 0.25) is 0 Å². The van der Waals surface area contributed by atoms with Crippen molar-refractivity contribution in [3.63, 3.8) is 0 Å². The van der Waals surface area contributed by atoms with Gasteiger partial charge in [-0.15, -0.1) is 0 Å². The molecule has 5 atom stereocenters. The summed E-state index contributed by atoms with van der Waals surface area (Å²) in [6.45, 7) is 4.58. The zero-order valence-corrected chi connectivity index (χ0v) is 19.0. The molecule has 1 aromatic carbocycles. The summed E-state index contributed by atoms with van der Waals surface area (Å²) in [5.41, 5.74) is 3.74. The molecule has 3 aliphatic rings. The molecule has 162 valence electrons. The van der Waals surface area contributed by atoms with Crippen molar-refractivity contribution in [3.05, 3.63) is 34.6 Å². The van der Waals surface area contributed by atoms with Gasteiger partial charge in [-0.25, -0.2) is 4.39 Å². The Labute approximate surface area is 179 Å². The quantitative estimate of drug-likeness (QED) is 0.431. The Balaban J connectivity index is 1.39. The molecule has 0 radical (unpaired) electrons. The maximum absolute atomic E-state index is 15.1. The zero-order chi connectivity index (χ0) is 20.2. The molecule has 0 amide bonds. The summed E-state index contributed by atoms with van der Waals surface area (Å²) in [7, 11) is 0. The molecular weight excluding hydrogens is 355 g/mol. The highest BCUT2D eigenvalue weighted by Crippen LogP contribution is 2.49. The van der Waals surface area contributed by atoms with Gasteiger partial charge >= 0.3 is 0 Å². The molecule has 0 bridgehead atoms. The number of unbranched alkanes of at least 4 members (excludes halogenated alkanes) is 2. The smallest absolute Gasteiger partial charge is 0.126 e. The number of hydrogen-bond acceptors (Lipinski definition) is 0. The first-order valence-electron chi connectivity index (χ1n) is 13.0. The minimum Gasteiger partial charge on any atom is -0.207 e. The molecule has 0 saturated heterocycles. The summed E-state index contributed by atoms with van der Waals surface area (Å²) in [4.78, 5) is 0. The lowest BCUT2D eigenvalue weighted by Crippen LogP contribution is -2.30. The lowest BCUT2D eigenvalue weighted by molar-refractivity contribution is 0.113. The van der Waals surface area contributed by atoms with Crippen LogP contribution >= 0.6 is 0 Å². The predicted octanol–water partition coefficient (Wildman–Crippen LogP) is 8.61. The summed E-state index contributed by atoms with van der Waals surface area (Å²) in [5, 5.41) is 0. The first-order chi connectivity index (χ1) is 14.2. The normalized spacial score (nSPS) is 31.9. The second kappa shape index (κ2) is 9.97. The van der Waals surface area contributed by atoms with Crippen molar-refractivity contribution >= 4 is 0 Å². The molecule has 1 aromatic rings. The van der Waals surface area contributed by atoms with E-state index in [9.17, 15) is 0 Å². The van der Waals surface area contributed by atoms with Crippen LogP contribution in [-0.2, 0) is 12.8 Å². The second-order valence-electron chi connectivity index (χ2n) is 10.7. The van der Waals surface area contributed by atoms with E-state index in [1.807, 2.05) is 6.07 Å². The Morgan fingerprint density at radius 1 is 0.828 bits per heavy atom. The maximum atomic E-state index is 15.1. The van der Waals surface area contributed by atoms with Crippen molar-refractivity contribution in [3.8, 4) is 0 Å². The van der Waals surface area contributed by atoms with Crippen LogP contribution in [0.25, 0.3) is 0 Å². The van der Waals surface area contributed by atoms with E-state index in [4.69, 9.17) is 0 Å². The van der Waals surface area contributed by atoms with Gasteiger partial charge in [0.2, 0.25) is 0 Å². The van der Waals surface area contributed by atoms with Crippen molar-refractivity contribution in [2.75, 3.05) is 0 Å². The molecule has 3 aliphatic carbocycles. The third-order valence-corrected chi connectivity index (χ3v) is 8.75.